The van der Waals surface area contributed by atoms with Crippen molar-refractivity contribution in [2.45, 2.75) is 24.7 Å². The van der Waals surface area contributed by atoms with E-state index in [1.54, 1.807) is 0 Å². The summed E-state index contributed by atoms with van der Waals surface area (Å²) >= 11 is 3.02. The maximum Gasteiger partial charge on any atom is 0.264 e. The predicted octanol–water partition coefficient (Wildman–Crippen LogP) is 3.05. The van der Waals surface area contributed by atoms with Crippen LogP contribution in [-0.4, -0.2) is 20.9 Å². The van der Waals surface area contributed by atoms with E-state index >= 15 is 0 Å². The minimum absolute atomic E-state index is 0.0247. The van der Waals surface area contributed by atoms with Gasteiger partial charge in [-0.15, -0.1) is 0 Å². The molecule has 0 bridgehead atoms. The van der Waals surface area contributed by atoms with Crippen molar-refractivity contribution in [3.8, 4) is 0 Å². The summed E-state index contributed by atoms with van der Waals surface area (Å²) < 4.78 is 36.0. The molecule has 0 fully saturated rings. The Labute approximate surface area is 123 Å². The van der Waals surface area contributed by atoms with Crippen LogP contribution >= 0.6 is 26.6 Å². The van der Waals surface area contributed by atoms with Crippen LogP contribution in [0.4, 0.5) is 4.39 Å². The van der Waals surface area contributed by atoms with Crippen LogP contribution in [0.2, 0.25) is 0 Å². The van der Waals surface area contributed by atoms with Crippen molar-refractivity contribution in [1.29, 1.82) is 0 Å². The van der Waals surface area contributed by atoms with Crippen LogP contribution in [0, 0.1) is 5.82 Å². The summed E-state index contributed by atoms with van der Waals surface area (Å²) in [6.45, 7) is 2.43. The van der Waals surface area contributed by atoms with E-state index in [0.717, 1.165) is 25.0 Å². The lowest BCUT2D eigenvalue weighted by atomic mass is 10.2. The number of carbonyl (C=O) groups is 1. The normalized spacial score (nSPS) is 11.4. The van der Waals surface area contributed by atoms with Gasteiger partial charge in [-0.2, -0.15) is 0 Å². The van der Waals surface area contributed by atoms with Gasteiger partial charge in [0.1, 0.15) is 10.7 Å². The van der Waals surface area contributed by atoms with Gasteiger partial charge in [0.15, 0.2) is 0 Å². The summed E-state index contributed by atoms with van der Waals surface area (Å²) in [6.07, 6.45) is 1.71. The maximum atomic E-state index is 13.5. The molecule has 1 aromatic rings. The Balaban J connectivity index is 3.11. The lowest BCUT2D eigenvalue weighted by Crippen LogP contribution is -2.25. The molecule has 0 spiro atoms. The van der Waals surface area contributed by atoms with Crippen molar-refractivity contribution in [1.82, 2.24) is 5.32 Å². The van der Waals surface area contributed by atoms with E-state index in [9.17, 15) is 17.6 Å². The predicted molar refractivity (Wildman–Crippen MR) is 74.4 cm³/mol. The summed E-state index contributed by atoms with van der Waals surface area (Å²) in [5, 5.41) is 2.61. The Kier molecular flexibility index (Phi) is 5.76. The van der Waals surface area contributed by atoms with Gasteiger partial charge in [0.05, 0.1) is 5.56 Å². The number of hydrogen-bond donors (Lipinski definition) is 1. The van der Waals surface area contributed by atoms with Crippen molar-refractivity contribution < 1.29 is 17.6 Å². The molecule has 0 aliphatic carbocycles. The van der Waals surface area contributed by atoms with Crippen molar-refractivity contribution in [2.75, 3.05) is 6.54 Å². The van der Waals surface area contributed by atoms with Gasteiger partial charge >= 0.3 is 0 Å². The van der Waals surface area contributed by atoms with Crippen LogP contribution in [0.5, 0.6) is 0 Å². The first-order chi connectivity index (χ1) is 8.77. The Hall–Kier alpha value is -0.660. The first-order valence-electron chi connectivity index (χ1n) is 5.49. The zero-order chi connectivity index (χ0) is 14.6. The minimum Gasteiger partial charge on any atom is -0.352 e. The second-order valence-corrected chi connectivity index (χ2v) is 7.20. The van der Waals surface area contributed by atoms with Crippen LogP contribution in [0.25, 0.3) is 0 Å². The molecule has 0 aliphatic rings. The van der Waals surface area contributed by atoms with E-state index in [1.165, 1.54) is 0 Å². The van der Waals surface area contributed by atoms with Gasteiger partial charge in [0.25, 0.3) is 15.0 Å². The number of amides is 1. The molecule has 1 aromatic carbocycles. The molecule has 106 valence electrons. The Morgan fingerprint density at radius 1 is 1.47 bits per heavy atom. The summed E-state index contributed by atoms with van der Waals surface area (Å²) in [5.74, 6) is -1.49. The molecule has 0 unspecified atom stereocenters. The van der Waals surface area contributed by atoms with Gasteiger partial charge in [0, 0.05) is 21.7 Å². The van der Waals surface area contributed by atoms with Gasteiger partial charge in [-0.05, 0) is 34.5 Å². The number of carbonyl (C=O) groups excluding carboxylic acids is 1. The summed E-state index contributed by atoms with van der Waals surface area (Å²) in [4.78, 5) is 11.1. The number of benzene rings is 1. The summed E-state index contributed by atoms with van der Waals surface area (Å²) in [7, 11) is 0.870. The van der Waals surface area contributed by atoms with Gasteiger partial charge in [-0.1, -0.05) is 13.3 Å². The number of unbranched alkanes of at least 4 members (excludes halogenated alkanes) is 1. The molecular formula is C11H12BrClFNO3S. The minimum atomic E-state index is -4.24. The van der Waals surface area contributed by atoms with Gasteiger partial charge < -0.3 is 5.32 Å². The molecule has 1 amide bonds. The van der Waals surface area contributed by atoms with E-state index in [1.807, 2.05) is 6.92 Å². The third kappa shape index (κ3) is 4.43. The fourth-order valence-corrected chi connectivity index (χ4v) is 2.76. The highest BCUT2D eigenvalue weighted by Crippen LogP contribution is 2.26. The third-order valence-electron chi connectivity index (χ3n) is 2.34. The number of rotatable bonds is 5. The monoisotopic (exact) mass is 371 g/mol. The maximum absolute atomic E-state index is 13.5. The molecule has 1 N–H and O–H groups in total. The quantitative estimate of drug-likeness (QED) is 0.638. The Morgan fingerprint density at radius 2 is 2.11 bits per heavy atom. The average molecular weight is 373 g/mol. The molecule has 0 saturated heterocycles. The topological polar surface area (TPSA) is 63.2 Å². The van der Waals surface area contributed by atoms with E-state index < -0.39 is 25.7 Å². The van der Waals surface area contributed by atoms with Crippen molar-refractivity contribution in [3.05, 3.63) is 28.0 Å². The van der Waals surface area contributed by atoms with Crippen LogP contribution in [0.3, 0.4) is 0 Å². The van der Waals surface area contributed by atoms with E-state index in [0.29, 0.717) is 6.54 Å². The zero-order valence-electron chi connectivity index (χ0n) is 10.0. The standard InChI is InChI=1S/C11H12BrClFNO3S/c1-2-3-4-15-11(16)7-5-10(19(13,17)18)9(14)6-8(7)12/h5-6H,2-4H2,1H3,(H,15,16). The molecule has 4 nitrogen and oxygen atoms in total. The first-order valence-corrected chi connectivity index (χ1v) is 8.59. The molecule has 0 saturated carbocycles. The number of nitrogens with one attached hydrogen (secondary N) is 1. The number of halogens is 3. The molecular weight excluding hydrogens is 361 g/mol. The van der Waals surface area contributed by atoms with E-state index in [4.69, 9.17) is 10.7 Å². The lowest BCUT2D eigenvalue weighted by molar-refractivity contribution is 0.0952. The summed E-state index contributed by atoms with van der Waals surface area (Å²) in [5.41, 5.74) is 0.0247. The van der Waals surface area contributed by atoms with Crippen LogP contribution in [0.15, 0.2) is 21.5 Å². The van der Waals surface area contributed by atoms with Crippen LogP contribution in [-0.2, 0) is 9.05 Å². The van der Waals surface area contributed by atoms with Crippen molar-refractivity contribution in [2.24, 2.45) is 0 Å². The SMILES string of the molecule is CCCCNC(=O)c1cc(S(=O)(=O)Cl)c(F)cc1Br. The Bertz CT molecular complexity index is 592. The van der Waals surface area contributed by atoms with Crippen molar-refractivity contribution >= 4 is 41.6 Å². The molecule has 0 heterocycles. The molecule has 0 aliphatic heterocycles. The molecule has 1 rings (SSSR count). The molecule has 19 heavy (non-hydrogen) atoms. The van der Waals surface area contributed by atoms with Crippen LogP contribution < -0.4 is 5.32 Å². The molecule has 0 atom stereocenters. The second kappa shape index (κ2) is 6.67. The summed E-state index contributed by atoms with van der Waals surface area (Å²) in [6, 6.07) is 1.83. The highest BCUT2D eigenvalue weighted by Gasteiger charge is 2.21. The van der Waals surface area contributed by atoms with Gasteiger partial charge in [0.2, 0.25) is 0 Å². The number of hydrogen-bond acceptors (Lipinski definition) is 3. The van der Waals surface area contributed by atoms with Crippen molar-refractivity contribution in [3.63, 3.8) is 0 Å². The largest absolute Gasteiger partial charge is 0.352 e. The lowest BCUT2D eigenvalue weighted by Gasteiger charge is -2.08. The fraction of sp³-hybridized carbons (Fsp3) is 0.364. The smallest absolute Gasteiger partial charge is 0.264 e. The van der Waals surface area contributed by atoms with E-state index in [2.05, 4.69) is 21.2 Å². The zero-order valence-corrected chi connectivity index (χ0v) is 13.2. The molecule has 8 heteroatoms. The van der Waals surface area contributed by atoms with Gasteiger partial charge in [-0.3, -0.25) is 4.79 Å². The molecule has 0 radical (unpaired) electrons. The second-order valence-electron chi connectivity index (χ2n) is 3.81. The first kappa shape index (κ1) is 16.4. The van der Waals surface area contributed by atoms with Gasteiger partial charge in [-0.25, -0.2) is 12.8 Å². The van der Waals surface area contributed by atoms with E-state index in [-0.39, 0.29) is 10.0 Å². The Morgan fingerprint density at radius 3 is 2.63 bits per heavy atom. The van der Waals surface area contributed by atoms with Crippen LogP contribution in [0.1, 0.15) is 30.1 Å². The fourth-order valence-electron chi connectivity index (χ4n) is 1.36. The average Bonchev–Trinajstić information content (AvgIpc) is 2.27. The highest BCUT2D eigenvalue weighted by molar-refractivity contribution is 9.10. The highest BCUT2D eigenvalue weighted by atomic mass is 79.9. The molecule has 0 aromatic heterocycles. The third-order valence-corrected chi connectivity index (χ3v) is 4.34.